The predicted molar refractivity (Wildman–Crippen MR) is 93.0 cm³/mol. The van der Waals surface area contributed by atoms with E-state index < -0.39 is 27.9 Å². The Balaban J connectivity index is 2.24. The number of nitrogens with one attached hydrogen (secondary N) is 1. The standard InChI is InChI=1S/C17H24N2O5S/c1-12-6-7-14(17(22)18-13(2)10-16(20)21)11-15(12)25(23,24)19-8-4-3-5-9-19/h6-7,11,13H,3-5,8-10H2,1-2H3,(H,18,22)(H,20,21). The molecule has 1 aliphatic rings. The summed E-state index contributed by atoms with van der Waals surface area (Å²) in [5.41, 5.74) is 0.791. The summed E-state index contributed by atoms with van der Waals surface area (Å²) in [6.45, 7) is 4.28. The number of benzene rings is 1. The van der Waals surface area contributed by atoms with Crippen molar-refractivity contribution in [2.24, 2.45) is 0 Å². The molecule has 138 valence electrons. The number of carbonyl (C=O) groups excluding carboxylic acids is 1. The number of hydrogen-bond acceptors (Lipinski definition) is 4. The Hall–Kier alpha value is -1.93. The fraction of sp³-hybridized carbons (Fsp3) is 0.529. The first-order valence-electron chi connectivity index (χ1n) is 8.35. The van der Waals surface area contributed by atoms with Crippen LogP contribution in [0.3, 0.4) is 0 Å². The summed E-state index contributed by atoms with van der Waals surface area (Å²) in [4.78, 5) is 23.1. The summed E-state index contributed by atoms with van der Waals surface area (Å²) in [6, 6.07) is 3.98. The number of sulfonamides is 1. The minimum atomic E-state index is -3.64. The molecule has 0 bridgehead atoms. The van der Waals surface area contributed by atoms with E-state index in [1.165, 1.54) is 10.4 Å². The average molecular weight is 368 g/mol. The van der Waals surface area contributed by atoms with E-state index in [0.29, 0.717) is 18.7 Å². The Labute approximate surface area is 148 Å². The highest BCUT2D eigenvalue weighted by Crippen LogP contribution is 2.24. The molecular weight excluding hydrogens is 344 g/mol. The molecule has 25 heavy (non-hydrogen) atoms. The second-order valence-corrected chi connectivity index (χ2v) is 8.32. The Bertz CT molecular complexity index is 754. The van der Waals surface area contributed by atoms with Gasteiger partial charge in [-0.05, 0) is 44.4 Å². The zero-order chi connectivity index (χ0) is 18.6. The van der Waals surface area contributed by atoms with Crippen LogP contribution in [0.15, 0.2) is 23.1 Å². The van der Waals surface area contributed by atoms with Crippen LogP contribution in [-0.4, -0.2) is 48.8 Å². The zero-order valence-electron chi connectivity index (χ0n) is 14.5. The van der Waals surface area contributed by atoms with Gasteiger partial charge in [-0.1, -0.05) is 12.5 Å². The van der Waals surface area contributed by atoms with Crippen LogP contribution in [0.25, 0.3) is 0 Å². The van der Waals surface area contributed by atoms with E-state index >= 15 is 0 Å². The zero-order valence-corrected chi connectivity index (χ0v) is 15.3. The minimum Gasteiger partial charge on any atom is -0.481 e. The molecule has 0 spiro atoms. The number of rotatable bonds is 6. The number of nitrogens with zero attached hydrogens (tertiary/aromatic N) is 1. The molecule has 1 aromatic carbocycles. The largest absolute Gasteiger partial charge is 0.481 e. The SMILES string of the molecule is Cc1ccc(C(=O)NC(C)CC(=O)O)cc1S(=O)(=O)N1CCCCC1. The summed E-state index contributed by atoms with van der Waals surface area (Å²) in [6.07, 6.45) is 2.50. The third-order valence-corrected chi connectivity index (χ3v) is 6.28. The van der Waals surface area contributed by atoms with Gasteiger partial charge in [-0.15, -0.1) is 0 Å². The van der Waals surface area contributed by atoms with Crippen LogP contribution in [0.5, 0.6) is 0 Å². The predicted octanol–water partition coefficient (Wildman–Crippen LogP) is 1.76. The topological polar surface area (TPSA) is 104 Å². The van der Waals surface area contributed by atoms with Crippen molar-refractivity contribution in [2.45, 2.75) is 50.5 Å². The molecule has 1 amide bonds. The van der Waals surface area contributed by atoms with Gasteiger partial charge in [-0.2, -0.15) is 4.31 Å². The van der Waals surface area contributed by atoms with Crippen LogP contribution in [0, 0.1) is 6.92 Å². The molecule has 7 nitrogen and oxygen atoms in total. The maximum atomic E-state index is 12.9. The van der Waals surface area contributed by atoms with Crippen LogP contribution in [0.2, 0.25) is 0 Å². The molecule has 1 atom stereocenters. The summed E-state index contributed by atoms with van der Waals surface area (Å²) in [5.74, 6) is -1.49. The molecule has 0 aliphatic carbocycles. The van der Waals surface area contributed by atoms with Gasteiger partial charge in [0.05, 0.1) is 11.3 Å². The normalized spacial score (nSPS) is 17.0. The van der Waals surface area contributed by atoms with E-state index in [2.05, 4.69) is 5.32 Å². The van der Waals surface area contributed by atoms with Gasteiger partial charge in [0.25, 0.3) is 5.91 Å². The summed E-state index contributed by atoms with van der Waals surface area (Å²) < 4.78 is 27.2. The van der Waals surface area contributed by atoms with Crippen LogP contribution < -0.4 is 5.32 Å². The first-order valence-corrected chi connectivity index (χ1v) is 9.79. The number of amides is 1. The van der Waals surface area contributed by atoms with Crippen molar-refractivity contribution < 1.29 is 23.1 Å². The van der Waals surface area contributed by atoms with Crippen molar-refractivity contribution in [1.29, 1.82) is 0 Å². The molecule has 1 aliphatic heterocycles. The number of carbonyl (C=O) groups is 2. The molecule has 1 heterocycles. The highest BCUT2D eigenvalue weighted by molar-refractivity contribution is 7.89. The maximum Gasteiger partial charge on any atom is 0.305 e. The fourth-order valence-corrected chi connectivity index (χ4v) is 4.65. The monoisotopic (exact) mass is 368 g/mol. The molecule has 2 N–H and O–H groups in total. The Morgan fingerprint density at radius 3 is 2.48 bits per heavy atom. The lowest BCUT2D eigenvalue weighted by Gasteiger charge is -2.26. The van der Waals surface area contributed by atoms with E-state index in [4.69, 9.17) is 5.11 Å². The van der Waals surface area contributed by atoms with Gasteiger partial charge in [0.1, 0.15) is 0 Å². The number of carboxylic acid groups (broad SMARTS) is 1. The molecular formula is C17H24N2O5S. The van der Waals surface area contributed by atoms with Crippen LogP contribution in [-0.2, 0) is 14.8 Å². The first kappa shape index (κ1) is 19.4. The Kier molecular flexibility index (Phi) is 6.18. The van der Waals surface area contributed by atoms with E-state index in [1.54, 1.807) is 26.0 Å². The van der Waals surface area contributed by atoms with Crippen molar-refractivity contribution in [1.82, 2.24) is 9.62 Å². The van der Waals surface area contributed by atoms with E-state index in [1.807, 2.05) is 0 Å². The number of hydrogen-bond donors (Lipinski definition) is 2. The van der Waals surface area contributed by atoms with Crippen molar-refractivity contribution in [3.05, 3.63) is 29.3 Å². The van der Waals surface area contributed by atoms with Crippen molar-refractivity contribution in [3.8, 4) is 0 Å². The lowest BCUT2D eigenvalue weighted by molar-refractivity contribution is -0.137. The lowest BCUT2D eigenvalue weighted by atomic mass is 10.1. The first-order chi connectivity index (χ1) is 11.7. The van der Waals surface area contributed by atoms with Gasteiger partial charge >= 0.3 is 5.97 Å². The third kappa shape index (κ3) is 4.79. The molecule has 2 rings (SSSR count). The van der Waals surface area contributed by atoms with Gasteiger partial charge in [0, 0.05) is 24.7 Å². The molecule has 1 saturated heterocycles. The molecule has 1 unspecified atom stereocenters. The lowest BCUT2D eigenvalue weighted by Crippen LogP contribution is -2.36. The van der Waals surface area contributed by atoms with Crippen molar-refractivity contribution >= 4 is 21.9 Å². The highest BCUT2D eigenvalue weighted by Gasteiger charge is 2.28. The van der Waals surface area contributed by atoms with Gasteiger partial charge in [0.2, 0.25) is 10.0 Å². The Morgan fingerprint density at radius 1 is 1.24 bits per heavy atom. The number of aryl methyl sites for hydroxylation is 1. The third-order valence-electron chi connectivity index (χ3n) is 4.24. The highest BCUT2D eigenvalue weighted by atomic mass is 32.2. The number of carboxylic acids is 1. The minimum absolute atomic E-state index is 0.132. The van der Waals surface area contributed by atoms with Gasteiger partial charge in [-0.3, -0.25) is 9.59 Å². The maximum absolute atomic E-state index is 12.9. The number of piperidine rings is 1. The molecule has 0 aromatic heterocycles. The smallest absolute Gasteiger partial charge is 0.305 e. The second-order valence-electron chi connectivity index (χ2n) is 6.42. The summed E-state index contributed by atoms with van der Waals surface area (Å²) in [7, 11) is -3.64. The van der Waals surface area contributed by atoms with Gasteiger partial charge in [-0.25, -0.2) is 8.42 Å². The molecule has 8 heteroatoms. The average Bonchev–Trinajstić information content (AvgIpc) is 2.55. The van der Waals surface area contributed by atoms with Gasteiger partial charge < -0.3 is 10.4 Å². The van der Waals surface area contributed by atoms with Crippen LogP contribution in [0.1, 0.15) is 48.5 Å². The van der Waals surface area contributed by atoms with Crippen LogP contribution >= 0.6 is 0 Å². The van der Waals surface area contributed by atoms with E-state index in [9.17, 15) is 18.0 Å². The van der Waals surface area contributed by atoms with E-state index in [0.717, 1.165) is 19.3 Å². The van der Waals surface area contributed by atoms with Crippen molar-refractivity contribution in [2.75, 3.05) is 13.1 Å². The second kappa shape index (κ2) is 7.97. The molecule has 0 radical (unpaired) electrons. The van der Waals surface area contributed by atoms with Crippen molar-refractivity contribution in [3.63, 3.8) is 0 Å². The molecule has 1 fully saturated rings. The summed E-state index contributed by atoms with van der Waals surface area (Å²) in [5, 5.41) is 11.3. The number of aliphatic carboxylic acids is 1. The molecule has 0 saturated carbocycles. The molecule has 1 aromatic rings. The van der Waals surface area contributed by atoms with Gasteiger partial charge in [0.15, 0.2) is 0 Å². The quantitative estimate of drug-likeness (QED) is 0.796. The van der Waals surface area contributed by atoms with E-state index in [-0.39, 0.29) is 16.9 Å². The summed E-state index contributed by atoms with van der Waals surface area (Å²) >= 11 is 0. The van der Waals surface area contributed by atoms with Crippen LogP contribution in [0.4, 0.5) is 0 Å². The Morgan fingerprint density at radius 2 is 1.88 bits per heavy atom. The fourth-order valence-electron chi connectivity index (χ4n) is 2.88.